The van der Waals surface area contributed by atoms with E-state index in [4.69, 9.17) is 0 Å². The van der Waals surface area contributed by atoms with Gasteiger partial charge >= 0.3 is 6.18 Å². The molecule has 0 aliphatic carbocycles. The predicted molar refractivity (Wildman–Crippen MR) is 95.0 cm³/mol. The molecule has 3 aromatic rings. The number of thiophene rings is 1. The van der Waals surface area contributed by atoms with Crippen molar-refractivity contribution in [2.24, 2.45) is 0 Å². The Bertz CT molecular complexity index is 967. The first-order valence-corrected chi connectivity index (χ1v) is 9.26. The molecule has 27 heavy (non-hydrogen) atoms. The van der Waals surface area contributed by atoms with Crippen molar-refractivity contribution in [2.45, 2.75) is 12.6 Å². The van der Waals surface area contributed by atoms with Crippen LogP contribution in [0.4, 0.5) is 19.1 Å². The first-order chi connectivity index (χ1) is 12.9. The lowest BCUT2D eigenvalue weighted by Crippen LogP contribution is -2.35. The highest BCUT2D eigenvalue weighted by molar-refractivity contribution is 7.14. The van der Waals surface area contributed by atoms with Gasteiger partial charge in [-0.3, -0.25) is 9.20 Å². The van der Waals surface area contributed by atoms with Gasteiger partial charge in [-0.1, -0.05) is 6.07 Å². The highest BCUT2D eigenvalue weighted by Gasteiger charge is 2.34. The van der Waals surface area contributed by atoms with Crippen LogP contribution in [0.1, 0.15) is 21.0 Å². The molecule has 1 aliphatic heterocycles. The molecule has 4 rings (SSSR count). The van der Waals surface area contributed by atoms with Crippen molar-refractivity contribution >= 4 is 28.8 Å². The number of carbonyl (C=O) groups excluding carboxylic acids is 1. The molecular weight excluding hydrogens is 379 g/mol. The number of fused-ring (bicyclic) bond motifs is 1. The van der Waals surface area contributed by atoms with E-state index in [1.54, 1.807) is 4.90 Å². The van der Waals surface area contributed by atoms with Crippen LogP contribution in [-0.4, -0.2) is 51.6 Å². The molecule has 0 unspecified atom stereocenters. The summed E-state index contributed by atoms with van der Waals surface area (Å²) >= 11 is 0.493. The first kappa shape index (κ1) is 17.8. The minimum Gasteiger partial charge on any atom is -0.339 e. The number of hydrogen-bond donors (Lipinski definition) is 0. The fourth-order valence-corrected chi connectivity index (χ4v) is 3.97. The Morgan fingerprint density at radius 1 is 1.04 bits per heavy atom. The van der Waals surface area contributed by atoms with Crippen LogP contribution in [0.2, 0.25) is 0 Å². The molecule has 0 radical (unpaired) electrons. The van der Waals surface area contributed by atoms with E-state index in [-0.39, 0.29) is 10.8 Å². The van der Waals surface area contributed by atoms with Gasteiger partial charge in [-0.25, -0.2) is 0 Å². The van der Waals surface area contributed by atoms with E-state index in [1.165, 1.54) is 6.07 Å². The molecule has 1 fully saturated rings. The van der Waals surface area contributed by atoms with Crippen LogP contribution in [0.5, 0.6) is 0 Å². The number of alkyl halides is 3. The molecule has 6 nitrogen and oxygen atoms in total. The number of hydrogen-bond acceptors (Lipinski definition) is 5. The van der Waals surface area contributed by atoms with Crippen LogP contribution >= 0.6 is 11.3 Å². The Hall–Kier alpha value is -2.62. The molecule has 0 N–H and O–H groups in total. The molecule has 0 spiro atoms. The summed E-state index contributed by atoms with van der Waals surface area (Å²) in [5.41, 5.74) is 0.739. The van der Waals surface area contributed by atoms with E-state index in [0.29, 0.717) is 49.9 Å². The van der Waals surface area contributed by atoms with Gasteiger partial charge < -0.3 is 9.80 Å². The summed E-state index contributed by atoms with van der Waals surface area (Å²) in [6, 6.07) is 7.85. The minimum absolute atomic E-state index is 0.115. The van der Waals surface area contributed by atoms with E-state index in [9.17, 15) is 18.0 Å². The van der Waals surface area contributed by atoms with Gasteiger partial charge in [0.25, 0.3) is 5.91 Å². The van der Waals surface area contributed by atoms with Gasteiger partial charge in [-0.05, 0) is 30.7 Å². The Labute approximate surface area is 156 Å². The van der Waals surface area contributed by atoms with Gasteiger partial charge in [-0.15, -0.1) is 21.5 Å². The second kappa shape index (κ2) is 6.84. The van der Waals surface area contributed by atoms with Gasteiger partial charge in [0.1, 0.15) is 4.88 Å². The highest BCUT2D eigenvalue weighted by atomic mass is 32.1. The molecule has 3 aromatic heterocycles. The zero-order valence-electron chi connectivity index (χ0n) is 14.2. The topological polar surface area (TPSA) is 53.7 Å². The maximum absolute atomic E-state index is 12.8. The van der Waals surface area contributed by atoms with E-state index in [0.717, 1.165) is 11.7 Å². The number of pyridine rings is 1. The lowest BCUT2D eigenvalue weighted by atomic mass is 10.3. The summed E-state index contributed by atoms with van der Waals surface area (Å²) in [6.45, 7) is 2.14. The Morgan fingerprint density at radius 2 is 1.89 bits per heavy atom. The molecule has 1 saturated heterocycles. The van der Waals surface area contributed by atoms with Crippen molar-refractivity contribution < 1.29 is 18.0 Å². The van der Waals surface area contributed by atoms with E-state index < -0.39 is 11.1 Å². The quantitative estimate of drug-likeness (QED) is 0.669. The number of halogens is 3. The molecule has 0 atom stereocenters. The molecule has 4 heterocycles. The summed E-state index contributed by atoms with van der Waals surface area (Å²) < 4.78 is 40.2. The summed E-state index contributed by atoms with van der Waals surface area (Å²) in [6.07, 6.45) is -1.85. The minimum atomic E-state index is -4.42. The maximum atomic E-state index is 12.8. The van der Waals surface area contributed by atoms with Crippen LogP contribution in [0.3, 0.4) is 0 Å². The smallest absolute Gasteiger partial charge is 0.339 e. The van der Waals surface area contributed by atoms with Gasteiger partial charge in [0.15, 0.2) is 5.65 Å². The first-order valence-electron chi connectivity index (χ1n) is 8.44. The number of aromatic nitrogens is 3. The number of anilines is 1. The van der Waals surface area contributed by atoms with Crippen LogP contribution in [0, 0.1) is 0 Å². The zero-order chi connectivity index (χ0) is 19.0. The number of rotatable bonds is 2. The third-order valence-corrected chi connectivity index (χ3v) is 5.58. The molecular formula is C17H16F3N5OS. The second-order valence-corrected chi connectivity index (χ2v) is 7.31. The lowest BCUT2D eigenvalue weighted by molar-refractivity contribution is -0.134. The SMILES string of the molecule is O=C(c1ccc(C(F)(F)F)s1)N1CCCN(c2nnc3ccccn23)CC1. The van der Waals surface area contributed by atoms with Crippen LogP contribution < -0.4 is 4.90 Å². The molecule has 0 saturated carbocycles. The average Bonchev–Trinajstić information content (AvgIpc) is 3.23. The fraction of sp³-hybridized carbons (Fsp3) is 0.353. The van der Waals surface area contributed by atoms with E-state index in [2.05, 4.69) is 10.2 Å². The second-order valence-electron chi connectivity index (χ2n) is 6.22. The Balaban J connectivity index is 1.48. The molecule has 10 heteroatoms. The summed E-state index contributed by atoms with van der Waals surface area (Å²) in [7, 11) is 0. The third kappa shape index (κ3) is 3.48. The standard InChI is InChI=1S/C17H16F3N5OS/c18-17(19,20)13-6-5-12(27-13)15(26)23-7-3-8-24(11-10-23)16-22-21-14-4-1-2-9-25(14)16/h1-2,4-6,9H,3,7-8,10-11H2. The van der Waals surface area contributed by atoms with Gasteiger partial charge in [-0.2, -0.15) is 13.2 Å². The van der Waals surface area contributed by atoms with Gasteiger partial charge in [0.2, 0.25) is 5.95 Å². The summed E-state index contributed by atoms with van der Waals surface area (Å²) in [5, 5.41) is 8.37. The average molecular weight is 395 g/mol. The van der Waals surface area contributed by atoms with E-state index in [1.807, 2.05) is 33.7 Å². The maximum Gasteiger partial charge on any atom is 0.425 e. The third-order valence-electron chi connectivity index (χ3n) is 4.46. The molecule has 0 bridgehead atoms. The Kier molecular flexibility index (Phi) is 4.50. The van der Waals surface area contributed by atoms with Crippen LogP contribution in [0.25, 0.3) is 5.65 Å². The number of amides is 1. The van der Waals surface area contributed by atoms with Crippen LogP contribution in [0.15, 0.2) is 36.5 Å². The van der Waals surface area contributed by atoms with Crippen molar-refractivity contribution in [1.82, 2.24) is 19.5 Å². The monoisotopic (exact) mass is 395 g/mol. The van der Waals surface area contributed by atoms with E-state index >= 15 is 0 Å². The van der Waals surface area contributed by atoms with Gasteiger partial charge in [0, 0.05) is 32.4 Å². The zero-order valence-corrected chi connectivity index (χ0v) is 15.0. The van der Waals surface area contributed by atoms with Crippen molar-refractivity contribution in [1.29, 1.82) is 0 Å². The normalized spacial score (nSPS) is 16.0. The fourth-order valence-electron chi connectivity index (χ4n) is 3.13. The lowest BCUT2D eigenvalue weighted by Gasteiger charge is -2.21. The molecule has 0 aromatic carbocycles. The highest BCUT2D eigenvalue weighted by Crippen LogP contribution is 2.35. The Morgan fingerprint density at radius 3 is 2.67 bits per heavy atom. The number of nitrogens with zero attached hydrogens (tertiary/aromatic N) is 5. The summed E-state index contributed by atoms with van der Waals surface area (Å²) in [4.78, 5) is 15.6. The largest absolute Gasteiger partial charge is 0.425 e. The van der Waals surface area contributed by atoms with Crippen LogP contribution in [-0.2, 0) is 6.18 Å². The van der Waals surface area contributed by atoms with Crippen molar-refractivity contribution in [3.8, 4) is 0 Å². The molecule has 142 valence electrons. The summed E-state index contributed by atoms with van der Waals surface area (Å²) in [5.74, 6) is 0.346. The van der Waals surface area contributed by atoms with Crippen molar-refractivity contribution in [3.05, 3.63) is 46.3 Å². The van der Waals surface area contributed by atoms with Crippen molar-refractivity contribution in [3.63, 3.8) is 0 Å². The van der Waals surface area contributed by atoms with Gasteiger partial charge in [0.05, 0.1) is 4.88 Å². The molecule has 1 aliphatic rings. The predicted octanol–water partition coefficient (Wildman–Crippen LogP) is 3.16. The van der Waals surface area contributed by atoms with Crippen molar-refractivity contribution in [2.75, 3.05) is 31.1 Å². The number of carbonyl (C=O) groups is 1. The molecule has 1 amide bonds.